The molecule has 0 aromatic heterocycles. The molecule has 5 heteroatoms. The first-order chi connectivity index (χ1) is 10.0. The summed E-state index contributed by atoms with van der Waals surface area (Å²) in [5, 5.41) is 18.4. The molecule has 2 aromatic rings. The SMILES string of the molecule is CN(Cc1cccc(C#N)c1)c1cccc(Cl)c1C(=O)O. The van der Waals surface area contributed by atoms with Crippen molar-refractivity contribution < 1.29 is 9.90 Å². The number of nitrogens with zero attached hydrogens (tertiary/aromatic N) is 2. The average Bonchev–Trinajstić information content (AvgIpc) is 2.46. The summed E-state index contributed by atoms with van der Waals surface area (Å²) < 4.78 is 0. The van der Waals surface area contributed by atoms with Gasteiger partial charge in [-0.25, -0.2) is 4.79 Å². The van der Waals surface area contributed by atoms with Crippen LogP contribution in [-0.2, 0) is 6.54 Å². The predicted molar refractivity (Wildman–Crippen MR) is 81.7 cm³/mol. The lowest BCUT2D eigenvalue weighted by molar-refractivity contribution is 0.0697. The van der Waals surface area contributed by atoms with Crippen LogP contribution >= 0.6 is 11.6 Å². The molecule has 0 bridgehead atoms. The van der Waals surface area contributed by atoms with E-state index in [1.807, 2.05) is 6.07 Å². The normalized spacial score (nSPS) is 9.95. The van der Waals surface area contributed by atoms with Crippen molar-refractivity contribution in [1.82, 2.24) is 0 Å². The number of carbonyl (C=O) groups is 1. The van der Waals surface area contributed by atoms with Crippen LogP contribution in [0, 0.1) is 11.3 Å². The maximum absolute atomic E-state index is 11.3. The summed E-state index contributed by atoms with van der Waals surface area (Å²) in [5.41, 5.74) is 2.12. The maximum Gasteiger partial charge on any atom is 0.339 e. The lowest BCUT2D eigenvalue weighted by Gasteiger charge is -2.22. The van der Waals surface area contributed by atoms with Gasteiger partial charge < -0.3 is 10.0 Å². The molecule has 0 aliphatic heterocycles. The molecule has 0 amide bonds. The molecule has 0 fully saturated rings. The Kier molecular flexibility index (Phi) is 4.46. The van der Waals surface area contributed by atoms with Crippen molar-refractivity contribution in [1.29, 1.82) is 5.26 Å². The van der Waals surface area contributed by atoms with Gasteiger partial charge in [0, 0.05) is 13.6 Å². The van der Waals surface area contributed by atoms with E-state index >= 15 is 0 Å². The Morgan fingerprint density at radius 1 is 1.33 bits per heavy atom. The number of aromatic carboxylic acids is 1. The van der Waals surface area contributed by atoms with Gasteiger partial charge in [0.05, 0.1) is 22.3 Å². The highest BCUT2D eigenvalue weighted by atomic mass is 35.5. The van der Waals surface area contributed by atoms with Gasteiger partial charge in [-0.05, 0) is 29.8 Å². The van der Waals surface area contributed by atoms with Gasteiger partial charge in [-0.3, -0.25) is 0 Å². The van der Waals surface area contributed by atoms with E-state index in [-0.39, 0.29) is 10.6 Å². The molecule has 0 spiro atoms. The number of hydrogen-bond donors (Lipinski definition) is 1. The predicted octanol–water partition coefficient (Wildman–Crippen LogP) is 3.55. The summed E-state index contributed by atoms with van der Waals surface area (Å²) in [6, 6.07) is 14.3. The second-order valence-electron chi connectivity index (χ2n) is 4.61. The summed E-state index contributed by atoms with van der Waals surface area (Å²) >= 11 is 5.97. The lowest BCUT2D eigenvalue weighted by atomic mass is 10.1. The van der Waals surface area contributed by atoms with Crippen LogP contribution < -0.4 is 4.90 Å². The monoisotopic (exact) mass is 300 g/mol. The standard InChI is InChI=1S/C16H13ClN2O2/c1-19(10-12-5-2-4-11(8-12)9-18)14-7-3-6-13(17)15(14)16(20)21/h2-8H,10H2,1H3,(H,20,21). The van der Waals surface area contributed by atoms with Crippen molar-refractivity contribution in [2.24, 2.45) is 0 Å². The van der Waals surface area contributed by atoms with Crippen LogP contribution in [0.4, 0.5) is 5.69 Å². The Bertz CT molecular complexity index is 722. The van der Waals surface area contributed by atoms with Crippen LogP contribution in [0.15, 0.2) is 42.5 Å². The van der Waals surface area contributed by atoms with Crippen LogP contribution in [0.25, 0.3) is 0 Å². The highest BCUT2D eigenvalue weighted by Crippen LogP contribution is 2.27. The zero-order valence-corrected chi connectivity index (χ0v) is 12.1. The van der Waals surface area contributed by atoms with Crippen LogP contribution in [0.5, 0.6) is 0 Å². The van der Waals surface area contributed by atoms with Gasteiger partial charge in [0.2, 0.25) is 0 Å². The van der Waals surface area contributed by atoms with Crippen LogP contribution in [0.3, 0.4) is 0 Å². The molecule has 4 nitrogen and oxygen atoms in total. The highest BCUT2D eigenvalue weighted by molar-refractivity contribution is 6.34. The number of carboxylic acids is 1. The molecule has 0 aliphatic carbocycles. The molecular formula is C16H13ClN2O2. The zero-order chi connectivity index (χ0) is 15.4. The molecule has 1 N–H and O–H groups in total. The largest absolute Gasteiger partial charge is 0.478 e. The third kappa shape index (κ3) is 3.33. The Hall–Kier alpha value is -2.51. The smallest absolute Gasteiger partial charge is 0.339 e. The fourth-order valence-corrected chi connectivity index (χ4v) is 2.39. The van der Waals surface area contributed by atoms with Crippen molar-refractivity contribution in [3.63, 3.8) is 0 Å². The van der Waals surface area contributed by atoms with Crippen molar-refractivity contribution >= 4 is 23.3 Å². The fourth-order valence-electron chi connectivity index (χ4n) is 2.14. The van der Waals surface area contributed by atoms with Gasteiger partial charge in [0.25, 0.3) is 0 Å². The fraction of sp³-hybridized carbons (Fsp3) is 0.125. The minimum atomic E-state index is -1.06. The third-order valence-corrected chi connectivity index (χ3v) is 3.41. The summed E-state index contributed by atoms with van der Waals surface area (Å²) in [7, 11) is 1.79. The molecule has 0 atom stereocenters. The van der Waals surface area contributed by atoms with Gasteiger partial charge in [0.15, 0.2) is 0 Å². The lowest BCUT2D eigenvalue weighted by Crippen LogP contribution is -2.19. The molecule has 0 saturated heterocycles. The first-order valence-corrected chi connectivity index (χ1v) is 6.62. The molecule has 2 rings (SSSR count). The van der Waals surface area contributed by atoms with E-state index in [0.717, 1.165) is 5.56 Å². The van der Waals surface area contributed by atoms with E-state index in [2.05, 4.69) is 6.07 Å². The Labute approximate surface area is 127 Å². The summed E-state index contributed by atoms with van der Waals surface area (Å²) in [6.45, 7) is 0.482. The minimum Gasteiger partial charge on any atom is -0.478 e. The van der Waals surface area contributed by atoms with Gasteiger partial charge in [0.1, 0.15) is 5.56 Å². The van der Waals surface area contributed by atoms with Gasteiger partial charge in [-0.15, -0.1) is 0 Å². The van der Waals surface area contributed by atoms with Gasteiger partial charge >= 0.3 is 5.97 Å². The number of rotatable bonds is 4. The van der Waals surface area contributed by atoms with E-state index < -0.39 is 5.97 Å². The third-order valence-electron chi connectivity index (χ3n) is 3.09. The minimum absolute atomic E-state index is 0.0816. The van der Waals surface area contributed by atoms with E-state index in [1.165, 1.54) is 0 Å². The topological polar surface area (TPSA) is 64.3 Å². The quantitative estimate of drug-likeness (QED) is 0.938. The van der Waals surface area contributed by atoms with E-state index in [0.29, 0.717) is 17.8 Å². The molecule has 21 heavy (non-hydrogen) atoms. The molecule has 0 heterocycles. The molecular weight excluding hydrogens is 288 g/mol. The van der Waals surface area contributed by atoms with Gasteiger partial charge in [-0.2, -0.15) is 5.26 Å². The van der Waals surface area contributed by atoms with Crippen molar-refractivity contribution in [2.75, 3.05) is 11.9 Å². The van der Waals surface area contributed by atoms with Crippen molar-refractivity contribution in [3.8, 4) is 6.07 Å². The van der Waals surface area contributed by atoms with Crippen LogP contribution in [-0.4, -0.2) is 18.1 Å². The molecule has 0 aliphatic rings. The number of anilines is 1. The molecule has 2 aromatic carbocycles. The van der Waals surface area contributed by atoms with E-state index in [9.17, 15) is 9.90 Å². The Morgan fingerprint density at radius 3 is 2.71 bits per heavy atom. The molecule has 0 saturated carbocycles. The number of nitriles is 1. The first kappa shape index (κ1) is 14.9. The number of hydrogen-bond acceptors (Lipinski definition) is 3. The summed E-state index contributed by atoms with van der Waals surface area (Å²) in [5.74, 6) is -1.06. The summed E-state index contributed by atoms with van der Waals surface area (Å²) in [6.07, 6.45) is 0. The Morgan fingerprint density at radius 2 is 2.05 bits per heavy atom. The van der Waals surface area contributed by atoms with Crippen LogP contribution in [0.2, 0.25) is 5.02 Å². The molecule has 106 valence electrons. The van der Waals surface area contributed by atoms with Crippen LogP contribution in [0.1, 0.15) is 21.5 Å². The summed E-state index contributed by atoms with van der Waals surface area (Å²) in [4.78, 5) is 13.1. The highest BCUT2D eigenvalue weighted by Gasteiger charge is 2.17. The second kappa shape index (κ2) is 6.29. The van der Waals surface area contributed by atoms with E-state index in [4.69, 9.17) is 16.9 Å². The molecule has 0 unspecified atom stereocenters. The number of halogens is 1. The van der Waals surface area contributed by atoms with Crippen molar-refractivity contribution in [2.45, 2.75) is 6.54 Å². The first-order valence-electron chi connectivity index (χ1n) is 6.25. The van der Waals surface area contributed by atoms with Crippen molar-refractivity contribution in [3.05, 3.63) is 64.2 Å². The Balaban J connectivity index is 2.33. The zero-order valence-electron chi connectivity index (χ0n) is 11.4. The maximum atomic E-state index is 11.3. The number of benzene rings is 2. The molecule has 0 radical (unpaired) electrons. The van der Waals surface area contributed by atoms with E-state index in [1.54, 1.807) is 48.3 Å². The second-order valence-corrected chi connectivity index (χ2v) is 5.01. The number of carboxylic acid groups (broad SMARTS) is 1. The van der Waals surface area contributed by atoms with Gasteiger partial charge in [-0.1, -0.05) is 29.8 Å². The average molecular weight is 301 g/mol.